The van der Waals surface area contributed by atoms with Crippen LogP contribution in [0.2, 0.25) is 0 Å². The SMILES string of the molecule is CN(CC(=O)N(Cc1ccco1)CC(F)(F)F)Cc1ccccc1F. The Kier molecular flexibility index (Phi) is 6.19. The second kappa shape index (κ2) is 8.15. The fourth-order valence-corrected chi connectivity index (χ4v) is 2.34. The first kappa shape index (κ1) is 19.0. The van der Waals surface area contributed by atoms with Crippen molar-refractivity contribution >= 4 is 5.91 Å². The van der Waals surface area contributed by atoms with Gasteiger partial charge in [0.05, 0.1) is 19.4 Å². The van der Waals surface area contributed by atoms with Crippen LogP contribution in [0.1, 0.15) is 11.3 Å². The van der Waals surface area contributed by atoms with Crippen LogP contribution in [-0.2, 0) is 17.9 Å². The molecule has 1 heterocycles. The molecule has 0 unspecified atom stereocenters. The van der Waals surface area contributed by atoms with E-state index in [1.165, 1.54) is 29.4 Å². The van der Waals surface area contributed by atoms with Gasteiger partial charge in [-0.15, -0.1) is 0 Å². The number of hydrogen-bond donors (Lipinski definition) is 0. The van der Waals surface area contributed by atoms with Crippen LogP contribution in [-0.4, -0.2) is 42.0 Å². The summed E-state index contributed by atoms with van der Waals surface area (Å²) >= 11 is 0. The second-order valence-electron chi connectivity index (χ2n) is 5.71. The number of furan rings is 1. The van der Waals surface area contributed by atoms with Gasteiger partial charge in [0.25, 0.3) is 0 Å². The summed E-state index contributed by atoms with van der Waals surface area (Å²) in [5.74, 6) is -0.883. The third kappa shape index (κ3) is 6.22. The largest absolute Gasteiger partial charge is 0.467 e. The molecule has 8 heteroatoms. The van der Waals surface area contributed by atoms with Gasteiger partial charge in [-0.2, -0.15) is 13.2 Å². The molecule has 0 aliphatic rings. The molecular formula is C17H18F4N2O2. The smallest absolute Gasteiger partial charge is 0.406 e. The Labute approximate surface area is 142 Å². The van der Waals surface area contributed by atoms with Crippen LogP contribution in [0.15, 0.2) is 47.1 Å². The lowest BCUT2D eigenvalue weighted by molar-refractivity contribution is -0.163. The van der Waals surface area contributed by atoms with Gasteiger partial charge in [-0.1, -0.05) is 18.2 Å². The molecule has 0 saturated carbocycles. The highest BCUT2D eigenvalue weighted by Crippen LogP contribution is 2.19. The highest BCUT2D eigenvalue weighted by atomic mass is 19.4. The van der Waals surface area contributed by atoms with Gasteiger partial charge in [-0.3, -0.25) is 9.69 Å². The fraction of sp³-hybridized carbons (Fsp3) is 0.353. The average molecular weight is 358 g/mol. The van der Waals surface area contributed by atoms with Gasteiger partial charge < -0.3 is 9.32 Å². The third-order valence-corrected chi connectivity index (χ3v) is 3.45. The topological polar surface area (TPSA) is 36.7 Å². The van der Waals surface area contributed by atoms with Crippen molar-refractivity contribution in [3.63, 3.8) is 0 Å². The Morgan fingerprint density at radius 1 is 1.12 bits per heavy atom. The van der Waals surface area contributed by atoms with Crippen LogP contribution >= 0.6 is 0 Å². The van der Waals surface area contributed by atoms with Crippen molar-refractivity contribution in [1.29, 1.82) is 0 Å². The van der Waals surface area contributed by atoms with E-state index >= 15 is 0 Å². The molecule has 0 bridgehead atoms. The van der Waals surface area contributed by atoms with E-state index in [0.717, 1.165) is 0 Å². The van der Waals surface area contributed by atoms with Crippen LogP contribution < -0.4 is 0 Å². The van der Waals surface area contributed by atoms with E-state index in [0.29, 0.717) is 10.5 Å². The van der Waals surface area contributed by atoms with Crippen molar-refractivity contribution in [3.8, 4) is 0 Å². The summed E-state index contributed by atoms with van der Waals surface area (Å²) < 4.78 is 56.9. The minimum absolute atomic E-state index is 0.110. The maximum atomic E-state index is 13.6. The van der Waals surface area contributed by atoms with E-state index in [1.54, 1.807) is 25.2 Å². The van der Waals surface area contributed by atoms with E-state index in [1.807, 2.05) is 0 Å². The lowest BCUT2D eigenvalue weighted by atomic mass is 10.2. The monoisotopic (exact) mass is 358 g/mol. The first-order chi connectivity index (χ1) is 11.7. The standard InChI is InChI=1S/C17H18F4N2O2/c1-22(9-13-5-2-3-7-15(13)18)11-16(24)23(12-17(19,20)21)10-14-6-4-8-25-14/h2-8H,9-12H2,1H3. The van der Waals surface area contributed by atoms with Crippen LogP contribution in [0.3, 0.4) is 0 Å². The van der Waals surface area contributed by atoms with Gasteiger partial charge in [0.2, 0.25) is 5.91 Å². The maximum absolute atomic E-state index is 13.6. The highest BCUT2D eigenvalue weighted by Gasteiger charge is 2.33. The Hall–Kier alpha value is -2.35. The van der Waals surface area contributed by atoms with Gasteiger partial charge in [0.1, 0.15) is 18.1 Å². The summed E-state index contributed by atoms with van der Waals surface area (Å²) in [5.41, 5.74) is 0.367. The van der Waals surface area contributed by atoms with Crippen molar-refractivity contribution in [2.45, 2.75) is 19.3 Å². The molecule has 1 aromatic carbocycles. The summed E-state index contributed by atoms with van der Waals surface area (Å²) in [6, 6.07) is 9.08. The summed E-state index contributed by atoms with van der Waals surface area (Å²) in [5, 5.41) is 0. The molecule has 2 aromatic rings. The molecule has 2 rings (SSSR count). The van der Waals surface area contributed by atoms with E-state index < -0.39 is 24.4 Å². The lowest BCUT2D eigenvalue weighted by Gasteiger charge is -2.26. The van der Waals surface area contributed by atoms with Crippen molar-refractivity contribution in [2.24, 2.45) is 0 Å². The minimum Gasteiger partial charge on any atom is -0.467 e. The molecule has 25 heavy (non-hydrogen) atoms. The number of amides is 1. The number of alkyl halides is 3. The summed E-state index contributed by atoms with van der Waals surface area (Å²) in [6.07, 6.45) is -3.19. The Morgan fingerprint density at radius 3 is 2.44 bits per heavy atom. The zero-order valence-electron chi connectivity index (χ0n) is 13.6. The molecular weight excluding hydrogens is 340 g/mol. The molecule has 0 aliphatic heterocycles. The van der Waals surface area contributed by atoms with E-state index in [2.05, 4.69) is 0 Å². The molecule has 1 aromatic heterocycles. The molecule has 1 amide bonds. The van der Waals surface area contributed by atoms with E-state index in [4.69, 9.17) is 4.42 Å². The van der Waals surface area contributed by atoms with Gasteiger partial charge >= 0.3 is 6.18 Å². The zero-order valence-corrected chi connectivity index (χ0v) is 13.6. The molecule has 0 fully saturated rings. The molecule has 0 saturated heterocycles. The fourth-order valence-electron chi connectivity index (χ4n) is 2.34. The van der Waals surface area contributed by atoms with Gasteiger partial charge in [-0.25, -0.2) is 4.39 Å². The van der Waals surface area contributed by atoms with Crippen LogP contribution in [0.4, 0.5) is 17.6 Å². The maximum Gasteiger partial charge on any atom is 0.406 e. The van der Waals surface area contributed by atoms with Crippen molar-refractivity contribution < 1.29 is 26.8 Å². The number of carbonyl (C=O) groups excluding carboxylic acids is 1. The summed E-state index contributed by atoms with van der Waals surface area (Å²) in [4.78, 5) is 14.4. The van der Waals surface area contributed by atoms with Crippen LogP contribution in [0.5, 0.6) is 0 Å². The van der Waals surface area contributed by atoms with Gasteiger partial charge in [0, 0.05) is 12.1 Å². The molecule has 0 N–H and O–H groups in total. The van der Waals surface area contributed by atoms with Crippen molar-refractivity contribution in [1.82, 2.24) is 9.80 Å². The Bertz CT molecular complexity index is 686. The first-order valence-electron chi connectivity index (χ1n) is 7.53. The normalized spacial score (nSPS) is 11.8. The van der Waals surface area contributed by atoms with Crippen molar-refractivity contribution in [2.75, 3.05) is 20.1 Å². The number of hydrogen-bond acceptors (Lipinski definition) is 3. The third-order valence-electron chi connectivity index (χ3n) is 3.45. The number of likely N-dealkylation sites (N-methyl/N-ethyl adjacent to an activating group) is 1. The van der Waals surface area contributed by atoms with Crippen molar-refractivity contribution in [3.05, 3.63) is 59.8 Å². The molecule has 0 spiro atoms. The predicted molar refractivity (Wildman–Crippen MR) is 82.9 cm³/mol. The molecule has 136 valence electrons. The highest BCUT2D eigenvalue weighted by molar-refractivity contribution is 5.78. The molecule has 0 radical (unpaired) electrons. The van der Waals surface area contributed by atoms with Crippen LogP contribution in [0.25, 0.3) is 0 Å². The summed E-state index contributed by atoms with van der Waals surface area (Å²) in [6.45, 7) is -1.82. The molecule has 0 atom stereocenters. The van der Waals surface area contributed by atoms with Gasteiger partial charge in [-0.05, 0) is 25.2 Å². The van der Waals surface area contributed by atoms with E-state index in [9.17, 15) is 22.4 Å². The average Bonchev–Trinajstić information content (AvgIpc) is 3.00. The molecule has 4 nitrogen and oxygen atoms in total. The number of halogens is 4. The number of rotatable bonds is 7. The Balaban J connectivity index is 2.01. The summed E-state index contributed by atoms with van der Waals surface area (Å²) in [7, 11) is 1.54. The molecule has 0 aliphatic carbocycles. The van der Waals surface area contributed by atoms with E-state index in [-0.39, 0.29) is 25.4 Å². The quantitative estimate of drug-likeness (QED) is 0.712. The number of nitrogens with zero attached hydrogens (tertiary/aromatic N) is 2. The zero-order chi connectivity index (χ0) is 18.4. The number of carbonyl (C=O) groups is 1. The van der Waals surface area contributed by atoms with Crippen LogP contribution in [0, 0.1) is 5.82 Å². The first-order valence-corrected chi connectivity index (χ1v) is 7.53. The Morgan fingerprint density at radius 2 is 1.84 bits per heavy atom. The van der Waals surface area contributed by atoms with Gasteiger partial charge in [0.15, 0.2) is 0 Å². The predicted octanol–water partition coefficient (Wildman–Crippen LogP) is 3.44. The lowest BCUT2D eigenvalue weighted by Crippen LogP contribution is -2.43. The second-order valence-corrected chi connectivity index (χ2v) is 5.71. The number of benzene rings is 1. The minimum atomic E-state index is -4.52.